The first-order valence-corrected chi connectivity index (χ1v) is 9.78. The van der Waals surface area contributed by atoms with Gasteiger partial charge in [-0.2, -0.15) is 0 Å². The van der Waals surface area contributed by atoms with Crippen molar-refractivity contribution in [2.45, 2.75) is 25.8 Å². The van der Waals surface area contributed by atoms with Gasteiger partial charge in [0.1, 0.15) is 11.5 Å². The van der Waals surface area contributed by atoms with Crippen molar-refractivity contribution >= 4 is 28.2 Å². The fourth-order valence-electron chi connectivity index (χ4n) is 4.44. The largest absolute Gasteiger partial charge is 0.366 e. The Bertz CT molecular complexity index is 1050. The number of benzene rings is 2. The molecule has 0 aliphatic carbocycles. The van der Waals surface area contributed by atoms with Crippen molar-refractivity contribution in [2.75, 3.05) is 30.0 Å². The number of aryl methyl sites for hydroxylation is 1. The normalized spacial score (nSPS) is 17.1. The number of aromatic nitrogens is 1. The Morgan fingerprint density at radius 2 is 1.93 bits per heavy atom. The number of fused-ring (bicyclic) bond motifs is 2. The first kappa shape index (κ1) is 17.1. The van der Waals surface area contributed by atoms with E-state index in [-0.39, 0.29) is 11.7 Å². The quantitative estimate of drug-likeness (QED) is 0.706. The molecule has 0 bridgehead atoms. The SMILES string of the molecule is Cc1c(F)ccc2[nH]c(C(=O)N3CCC(N4CNc5ccccc54)CC3)cc12. The number of nitrogens with zero attached hydrogens (tertiary/aromatic N) is 2. The number of hydrogen-bond acceptors (Lipinski definition) is 3. The van der Waals surface area contributed by atoms with Gasteiger partial charge >= 0.3 is 0 Å². The number of para-hydroxylation sites is 2. The molecule has 2 aromatic carbocycles. The molecular weight excluding hydrogens is 355 g/mol. The molecule has 1 aromatic heterocycles. The second-order valence-corrected chi connectivity index (χ2v) is 7.66. The number of hydrogen-bond donors (Lipinski definition) is 2. The van der Waals surface area contributed by atoms with E-state index < -0.39 is 0 Å². The number of amides is 1. The topological polar surface area (TPSA) is 51.4 Å². The van der Waals surface area contributed by atoms with Crippen LogP contribution in [-0.4, -0.2) is 41.6 Å². The van der Waals surface area contributed by atoms with Crippen molar-refractivity contribution in [3.05, 3.63) is 59.5 Å². The van der Waals surface area contributed by atoms with E-state index in [0.717, 1.165) is 43.5 Å². The zero-order chi connectivity index (χ0) is 19.3. The first-order chi connectivity index (χ1) is 13.6. The molecule has 0 radical (unpaired) electrons. The average molecular weight is 378 g/mol. The lowest BCUT2D eigenvalue weighted by Gasteiger charge is -2.37. The summed E-state index contributed by atoms with van der Waals surface area (Å²) in [5, 5.41) is 4.22. The third kappa shape index (κ3) is 2.71. The van der Waals surface area contributed by atoms with Crippen LogP contribution in [0.15, 0.2) is 42.5 Å². The highest BCUT2D eigenvalue weighted by Gasteiger charge is 2.31. The van der Waals surface area contributed by atoms with E-state index in [1.165, 1.54) is 17.4 Å². The second kappa shape index (κ2) is 6.55. The number of rotatable bonds is 2. The molecule has 0 saturated carbocycles. The van der Waals surface area contributed by atoms with Gasteiger partial charge in [0.2, 0.25) is 0 Å². The molecule has 0 unspecified atom stereocenters. The number of halogens is 1. The smallest absolute Gasteiger partial charge is 0.270 e. The predicted molar refractivity (Wildman–Crippen MR) is 109 cm³/mol. The molecule has 1 amide bonds. The Balaban J connectivity index is 1.30. The van der Waals surface area contributed by atoms with E-state index in [2.05, 4.69) is 33.4 Å². The molecule has 3 aromatic rings. The number of piperidine rings is 1. The summed E-state index contributed by atoms with van der Waals surface area (Å²) in [5.74, 6) is -0.250. The van der Waals surface area contributed by atoms with Crippen molar-refractivity contribution in [3.63, 3.8) is 0 Å². The summed E-state index contributed by atoms with van der Waals surface area (Å²) in [6, 6.07) is 13.7. The van der Waals surface area contributed by atoms with E-state index in [9.17, 15) is 9.18 Å². The van der Waals surface area contributed by atoms with Gasteiger partial charge < -0.3 is 20.1 Å². The Labute approximate surface area is 163 Å². The lowest BCUT2D eigenvalue weighted by molar-refractivity contribution is 0.0708. The van der Waals surface area contributed by atoms with E-state index in [0.29, 0.717) is 17.3 Å². The molecule has 5 nitrogen and oxygen atoms in total. The number of likely N-dealkylation sites (tertiary alicyclic amines) is 1. The molecule has 6 heteroatoms. The number of carbonyl (C=O) groups is 1. The third-order valence-electron chi connectivity index (χ3n) is 6.08. The van der Waals surface area contributed by atoms with Crippen LogP contribution in [-0.2, 0) is 0 Å². The third-order valence-corrected chi connectivity index (χ3v) is 6.08. The molecule has 1 saturated heterocycles. The molecule has 2 aliphatic rings. The Morgan fingerprint density at radius 3 is 2.75 bits per heavy atom. The summed E-state index contributed by atoms with van der Waals surface area (Å²) in [6.07, 6.45) is 1.88. The van der Waals surface area contributed by atoms with Crippen molar-refractivity contribution in [1.82, 2.24) is 9.88 Å². The Kier molecular flexibility index (Phi) is 4.00. The molecule has 5 rings (SSSR count). The minimum Gasteiger partial charge on any atom is -0.366 e. The van der Waals surface area contributed by atoms with Gasteiger partial charge in [-0.1, -0.05) is 12.1 Å². The minimum absolute atomic E-state index is 0.00518. The Hall–Kier alpha value is -3.02. The van der Waals surface area contributed by atoms with Crippen LogP contribution in [0.3, 0.4) is 0 Å². The fourth-order valence-corrected chi connectivity index (χ4v) is 4.44. The van der Waals surface area contributed by atoms with Crippen LogP contribution in [0.4, 0.5) is 15.8 Å². The summed E-state index contributed by atoms with van der Waals surface area (Å²) < 4.78 is 13.8. The summed E-state index contributed by atoms with van der Waals surface area (Å²) in [7, 11) is 0. The zero-order valence-electron chi connectivity index (χ0n) is 15.8. The zero-order valence-corrected chi connectivity index (χ0v) is 15.8. The average Bonchev–Trinajstić information content (AvgIpc) is 3.35. The van der Waals surface area contributed by atoms with Crippen molar-refractivity contribution in [2.24, 2.45) is 0 Å². The first-order valence-electron chi connectivity index (χ1n) is 9.78. The minimum atomic E-state index is -0.245. The lowest BCUT2D eigenvalue weighted by Crippen LogP contribution is -2.46. The van der Waals surface area contributed by atoms with Gasteiger partial charge in [0, 0.05) is 30.0 Å². The van der Waals surface area contributed by atoms with Crippen LogP contribution in [0.25, 0.3) is 10.9 Å². The molecular formula is C22H23FN4O. The molecule has 2 aliphatic heterocycles. The van der Waals surface area contributed by atoms with E-state index >= 15 is 0 Å². The highest BCUT2D eigenvalue weighted by Crippen LogP contribution is 2.34. The van der Waals surface area contributed by atoms with Gasteiger partial charge in [0.05, 0.1) is 18.0 Å². The van der Waals surface area contributed by atoms with Crippen LogP contribution in [0.1, 0.15) is 28.9 Å². The van der Waals surface area contributed by atoms with Gasteiger partial charge in [0.15, 0.2) is 0 Å². The van der Waals surface area contributed by atoms with Crippen molar-refractivity contribution in [1.29, 1.82) is 0 Å². The van der Waals surface area contributed by atoms with Crippen molar-refractivity contribution < 1.29 is 9.18 Å². The Morgan fingerprint density at radius 1 is 1.14 bits per heavy atom. The van der Waals surface area contributed by atoms with Crippen LogP contribution in [0.5, 0.6) is 0 Å². The van der Waals surface area contributed by atoms with Crippen LogP contribution >= 0.6 is 0 Å². The van der Waals surface area contributed by atoms with Gasteiger partial charge in [-0.3, -0.25) is 4.79 Å². The van der Waals surface area contributed by atoms with E-state index in [1.807, 2.05) is 11.0 Å². The maximum absolute atomic E-state index is 13.8. The van der Waals surface area contributed by atoms with E-state index in [1.54, 1.807) is 19.1 Å². The molecule has 144 valence electrons. The van der Waals surface area contributed by atoms with Crippen LogP contribution < -0.4 is 10.2 Å². The predicted octanol–water partition coefficient (Wildman–Crippen LogP) is 4.11. The van der Waals surface area contributed by atoms with E-state index in [4.69, 9.17) is 0 Å². The lowest BCUT2D eigenvalue weighted by atomic mass is 10.0. The number of aromatic amines is 1. The molecule has 0 spiro atoms. The molecule has 28 heavy (non-hydrogen) atoms. The second-order valence-electron chi connectivity index (χ2n) is 7.66. The molecule has 1 fully saturated rings. The van der Waals surface area contributed by atoms with Crippen LogP contribution in [0.2, 0.25) is 0 Å². The number of anilines is 2. The van der Waals surface area contributed by atoms with Crippen LogP contribution in [0, 0.1) is 12.7 Å². The van der Waals surface area contributed by atoms with Gasteiger partial charge in [0.25, 0.3) is 5.91 Å². The fraction of sp³-hybridized carbons (Fsp3) is 0.318. The number of nitrogens with one attached hydrogen (secondary N) is 2. The maximum atomic E-state index is 13.8. The van der Waals surface area contributed by atoms with Gasteiger partial charge in [-0.15, -0.1) is 0 Å². The monoisotopic (exact) mass is 378 g/mol. The standard InChI is InChI=1S/C22H23FN4O/c1-14-16-12-20(25-18(16)7-6-17(14)23)22(28)26-10-8-15(9-11-26)27-13-24-19-4-2-3-5-21(19)27/h2-7,12,15,24-25H,8-11,13H2,1H3. The number of H-pyrrole nitrogens is 1. The van der Waals surface area contributed by atoms with Crippen molar-refractivity contribution in [3.8, 4) is 0 Å². The molecule has 0 atom stereocenters. The molecule has 2 N–H and O–H groups in total. The highest BCUT2D eigenvalue weighted by atomic mass is 19.1. The van der Waals surface area contributed by atoms with Gasteiger partial charge in [-0.05, 0) is 55.7 Å². The summed E-state index contributed by atoms with van der Waals surface area (Å²) in [6.45, 7) is 4.02. The maximum Gasteiger partial charge on any atom is 0.270 e. The van der Waals surface area contributed by atoms with Gasteiger partial charge in [-0.25, -0.2) is 4.39 Å². The highest BCUT2D eigenvalue weighted by molar-refractivity contribution is 5.99. The number of carbonyl (C=O) groups excluding carboxylic acids is 1. The summed E-state index contributed by atoms with van der Waals surface area (Å²) in [4.78, 5) is 20.4. The molecule has 3 heterocycles. The summed E-state index contributed by atoms with van der Waals surface area (Å²) >= 11 is 0. The summed E-state index contributed by atoms with van der Waals surface area (Å²) in [5.41, 5.74) is 4.35.